The SMILES string of the molecule is COc1ccc(F)cc1[C@H](Cn1c(=O)n(C(C)(C)C(=O)N2CC(O)C2)c(=O)c2c(C)c(-n3nccn3)sc21)OC1CCOCC1. The summed E-state index contributed by atoms with van der Waals surface area (Å²) in [6, 6.07) is 4.11. The van der Waals surface area contributed by atoms with Crippen LogP contribution in [0.5, 0.6) is 5.75 Å². The number of fused-ring (bicyclic) bond motifs is 1. The molecule has 4 aromatic rings. The molecule has 0 unspecified atom stereocenters. The second-order valence-electron chi connectivity index (χ2n) is 11.8. The first-order valence-electron chi connectivity index (χ1n) is 14.7. The van der Waals surface area contributed by atoms with Gasteiger partial charge in [-0.25, -0.2) is 13.8 Å². The number of likely N-dealkylation sites (tertiary alicyclic amines) is 1. The molecule has 0 spiro atoms. The van der Waals surface area contributed by atoms with E-state index in [0.717, 1.165) is 15.9 Å². The second kappa shape index (κ2) is 12.1. The summed E-state index contributed by atoms with van der Waals surface area (Å²) in [6.07, 6.45) is 2.46. The normalized spacial score (nSPS) is 17.1. The molecule has 1 atom stereocenters. The fourth-order valence-electron chi connectivity index (χ4n) is 5.99. The van der Waals surface area contributed by atoms with E-state index in [2.05, 4.69) is 10.2 Å². The maximum atomic E-state index is 14.7. The fourth-order valence-corrected chi connectivity index (χ4v) is 7.20. The highest BCUT2D eigenvalue weighted by Crippen LogP contribution is 2.36. The molecule has 240 valence electrons. The first-order valence-corrected chi connectivity index (χ1v) is 15.5. The van der Waals surface area contributed by atoms with Crippen molar-refractivity contribution in [2.24, 2.45) is 0 Å². The molecule has 2 aliphatic heterocycles. The number of hydrogen-bond acceptors (Lipinski definition) is 10. The molecule has 2 aliphatic rings. The lowest BCUT2D eigenvalue weighted by Crippen LogP contribution is -2.62. The third kappa shape index (κ3) is 5.58. The van der Waals surface area contributed by atoms with Gasteiger partial charge in [0.2, 0.25) is 5.91 Å². The first-order chi connectivity index (χ1) is 21.5. The molecular formula is C30H35FN6O7S. The molecule has 1 aromatic carbocycles. The van der Waals surface area contributed by atoms with Crippen molar-refractivity contribution < 1.29 is 28.5 Å². The van der Waals surface area contributed by atoms with Crippen molar-refractivity contribution in [1.29, 1.82) is 0 Å². The molecule has 3 aromatic heterocycles. The van der Waals surface area contributed by atoms with Crippen molar-refractivity contribution in [3.63, 3.8) is 0 Å². The number of amides is 1. The van der Waals surface area contributed by atoms with E-state index in [1.54, 1.807) is 6.92 Å². The van der Waals surface area contributed by atoms with Gasteiger partial charge in [-0.2, -0.15) is 10.2 Å². The van der Waals surface area contributed by atoms with Crippen LogP contribution in [0.15, 0.2) is 40.2 Å². The Morgan fingerprint density at radius 2 is 1.89 bits per heavy atom. The molecule has 0 bridgehead atoms. The van der Waals surface area contributed by atoms with Gasteiger partial charge < -0.3 is 24.2 Å². The Hall–Kier alpha value is -3.92. The summed E-state index contributed by atoms with van der Waals surface area (Å²) in [7, 11) is 1.47. The average Bonchev–Trinajstić information content (AvgIpc) is 3.65. The van der Waals surface area contributed by atoms with E-state index < -0.39 is 40.7 Å². The highest BCUT2D eigenvalue weighted by Gasteiger charge is 2.42. The number of methoxy groups -OCH3 is 1. The lowest BCUT2D eigenvalue weighted by molar-refractivity contribution is -0.149. The number of benzene rings is 1. The van der Waals surface area contributed by atoms with E-state index >= 15 is 0 Å². The zero-order chi connectivity index (χ0) is 32.0. The van der Waals surface area contributed by atoms with E-state index in [9.17, 15) is 23.9 Å². The summed E-state index contributed by atoms with van der Waals surface area (Å²) in [5.74, 6) is -0.598. The molecule has 1 amide bonds. The predicted molar refractivity (Wildman–Crippen MR) is 163 cm³/mol. The molecule has 2 fully saturated rings. The zero-order valence-corrected chi connectivity index (χ0v) is 26.3. The molecule has 2 saturated heterocycles. The fraction of sp³-hybridized carbons (Fsp3) is 0.500. The quantitative estimate of drug-likeness (QED) is 0.291. The molecule has 15 heteroatoms. The van der Waals surface area contributed by atoms with Gasteiger partial charge in [-0.3, -0.25) is 14.2 Å². The average molecular weight is 643 g/mol. The lowest BCUT2D eigenvalue weighted by atomic mass is 9.99. The summed E-state index contributed by atoms with van der Waals surface area (Å²) in [6.45, 7) is 5.87. The molecule has 13 nitrogen and oxygen atoms in total. The van der Waals surface area contributed by atoms with Crippen LogP contribution in [0, 0.1) is 12.7 Å². The third-order valence-corrected chi connectivity index (χ3v) is 9.71. The number of carbonyl (C=O) groups is 1. The number of β-amino-alcohol motifs (C(OH)–C–C–N with tert-alkyl or cyclic N) is 1. The van der Waals surface area contributed by atoms with E-state index in [1.807, 2.05) is 0 Å². The minimum Gasteiger partial charge on any atom is -0.496 e. The molecule has 0 radical (unpaired) electrons. The van der Waals surface area contributed by atoms with Gasteiger partial charge in [0, 0.05) is 37.4 Å². The van der Waals surface area contributed by atoms with Crippen LogP contribution in [0.2, 0.25) is 0 Å². The number of rotatable bonds is 9. The van der Waals surface area contributed by atoms with E-state index in [-0.39, 0.29) is 31.1 Å². The summed E-state index contributed by atoms with van der Waals surface area (Å²) >= 11 is 1.16. The Kier molecular flexibility index (Phi) is 8.37. The van der Waals surface area contributed by atoms with Crippen LogP contribution in [0.3, 0.4) is 0 Å². The number of aryl methyl sites for hydroxylation is 1. The largest absolute Gasteiger partial charge is 0.496 e. The number of aliphatic hydroxyl groups excluding tert-OH is 1. The number of thiophene rings is 1. The van der Waals surface area contributed by atoms with Crippen molar-refractivity contribution in [1.82, 2.24) is 29.0 Å². The van der Waals surface area contributed by atoms with Crippen molar-refractivity contribution in [3.8, 4) is 10.8 Å². The summed E-state index contributed by atoms with van der Waals surface area (Å²) in [5, 5.41) is 19.1. The van der Waals surface area contributed by atoms with Crippen molar-refractivity contribution in [2.75, 3.05) is 33.4 Å². The monoisotopic (exact) mass is 642 g/mol. The number of nitrogens with zero attached hydrogens (tertiary/aromatic N) is 6. The van der Waals surface area contributed by atoms with Crippen LogP contribution >= 0.6 is 11.3 Å². The number of halogens is 1. The van der Waals surface area contributed by atoms with Crippen LogP contribution in [-0.4, -0.2) is 85.7 Å². The Morgan fingerprint density at radius 3 is 2.53 bits per heavy atom. The summed E-state index contributed by atoms with van der Waals surface area (Å²) < 4.78 is 34.7. The van der Waals surface area contributed by atoms with E-state index in [1.165, 1.54) is 65.8 Å². The maximum absolute atomic E-state index is 14.7. The number of carbonyl (C=O) groups excluding carboxylic acids is 1. The second-order valence-corrected chi connectivity index (χ2v) is 12.8. The molecule has 5 heterocycles. The molecule has 0 aliphatic carbocycles. The summed E-state index contributed by atoms with van der Waals surface area (Å²) in [5.41, 5.74) is -2.04. The Morgan fingerprint density at radius 1 is 1.20 bits per heavy atom. The van der Waals surface area contributed by atoms with Gasteiger partial charge >= 0.3 is 5.69 Å². The maximum Gasteiger partial charge on any atom is 0.333 e. The molecule has 1 N–H and O–H groups in total. The molecule has 0 saturated carbocycles. The number of aromatic nitrogens is 5. The van der Waals surface area contributed by atoms with Gasteiger partial charge in [0.25, 0.3) is 5.56 Å². The molecule has 45 heavy (non-hydrogen) atoms. The standard InChI is InChI=1S/C30H35FN6O7S/c1-17-24-25(39)36(30(2,3)28(40)34-14-19(38)15-34)29(41)35(27(24)45-26(17)37-32-9-10-33-37)16-23(44-20-7-11-43-12-8-20)21-13-18(31)5-6-22(21)42-4/h5-6,9-10,13,19-20,23,38H,7-8,11-12,14-16H2,1-4H3/t23-/m0/s1. The molecule has 6 rings (SSSR count). The predicted octanol–water partition coefficient (Wildman–Crippen LogP) is 2.14. The number of ether oxygens (including phenoxy) is 3. The van der Waals surface area contributed by atoms with Gasteiger partial charge in [0.05, 0.1) is 43.6 Å². The van der Waals surface area contributed by atoms with E-state index in [0.29, 0.717) is 52.8 Å². The Balaban J connectivity index is 1.57. The topological polar surface area (TPSA) is 143 Å². The van der Waals surface area contributed by atoms with Crippen molar-refractivity contribution in [3.05, 3.63) is 68.4 Å². The van der Waals surface area contributed by atoms with Crippen molar-refractivity contribution >= 4 is 27.5 Å². The van der Waals surface area contributed by atoms with Gasteiger partial charge in [-0.1, -0.05) is 11.3 Å². The number of hydrogen-bond donors (Lipinski definition) is 1. The minimum atomic E-state index is -1.60. The Bertz CT molecular complexity index is 1840. The van der Waals surface area contributed by atoms with E-state index in [4.69, 9.17) is 14.2 Å². The number of aliphatic hydroxyl groups is 1. The lowest BCUT2D eigenvalue weighted by Gasteiger charge is -2.41. The van der Waals surface area contributed by atoms with Crippen LogP contribution in [-0.2, 0) is 26.4 Å². The Labute approximate surface area is 261 Å². The van der Waals surface area contributed by atoms with Crippen LogP contribution in [0.1, 0.15) is 43.9 Å². The summed E-state index contributed by atoms with van der Waals surface area (Å²) in [4.78, 5) is 45.5. The highest BCUT2D eigenvalue weighted by molar-refractivity contribution is 7.21. The van der Waals surface area contributed by atoms with Crippen LogP contribution in [0.4, 0.5) is 4.39 Å². The van der Waals surface area contributed by atoms with Gasteiger partial charge in [0.1, 0.15) is 33.0 Å². The van der Waals surface area contributed by atoms with Crippen molar-refractivity contribution in [2.45, 2.75) is 64.0 Å². The highest BCUT2D eigenvalue weighted by atomic mass is 32.1. The van der Waals surface area contributed by atoms with Gasteiger partial charge in [0.15, 0.2) is 0 Å². The minimum absolute atomic E-state index is 0.112. The zero-order valence-electron chi connectivity index (χ0n) is 25.4. The van der Waals surface area contributed by atoms with Gasteiger partial charge in [-0.05, 0) is 51.8 Å². The van der Waals surface area contributed by atoms with Crippen LogP contribution < -0.4 is 16.0 Å². The smallest absolute Gasteiger partial charge is 0.333 e. The molecular weight excluding hydrogens is 607 g/mol. The van der Waals surface area contributed by atoms with Gasteiger partial charge in [-0.15, -0.1) is 4.80 Å². The van der Waals surface area contributed by atoms with Crippen LogP contribution in [0.25, 0.3) is 15.2 Å². The third-order valence-electron chi connectivity index (χ3n) is 8.43. The first kappa shape index (κ1) is 31.1.